The van der Waals surface area contributed by atoms with E-state index < -0.39 is 0 Å². The third-order valence-electron chi connectivity index (χ3n) is 2.73. The molecule has 0 aromatic carbocycles. The third-order valence-corrected chi connectivity index (χ3v) is 2.96. The Balaban J connectivity index is 2.41. The van der Waals surface area contributed by atoms with E-state index in [2.05, 4.69) is 17.9 Å². The van der Waals surface area contributed by atoms with E-state index in [1.165, 1.54) is 25.7 Å². The van der Waals surface area contributed by atoms with Crippen LogP contribution < -0.4 is 0 Å². The highest BCUT2D eigenvalue weighted by atomic mass is 35.5. The molecule has 2 nitrogen and oxygen atoms in total. The van der Waals surface area contributed by atoms with E-state index in [0.29, 0.717) is 6.04 Å². The molecule has 0 bridgehead atoms. The smallest absolute Gasteiger partial charge is 0.133 e. The summed E-state index contributed by atoms with van der Waals surface area (Å²) in [6.07, 6.45) is 5.13. The van der Waals surface area contributed by atoms with Crippen LogP contribution in [-0.2, 0) is 0 Å². The summed E-state index contributed by atoms with van der Waals surface area (Å²) in [4.78, 5) is 2.34. The molecule has 3 heteroatoms. The Hall–Kier alpha value is -0.260. The summed E-state index contributed by atoms with van der Waals surface area (Å²) < 4.78 is 0. The standard InChI is InChI=1S/C10H17ClN2/c1-9-5-3-2-4-6-13(9)8-10(11)7-12/h9-10H,2-6,8H2,1H3. The minimum absolute atomic E-state index is 0.347. The quantitative estimate of drug-likeness (QED) is 0.640. The normalized spacial score (nSPS) is 27.6. The van der Waals surface area contributed by atoms with Crippen LogP contribution in [0, 0.1) is 11.3 Å². The van der Waals surface area contributed by atoms with Crippen molar-refractivity contribution in [2.45, 2.75) is 44.0 Å². The predicted molar refractivity (Wildman–Crippen MR) is 54.8 cm³/mol. The van der Waals surface area contributed by atoms with Gasteiger partial charge in [0.15, 0.2) is 0 Å². The van der Waals surface area contributed by atoms with E-state index in [4.69, 9.17) is 16.9 Å². The minimum Gasteiger partial charge on any atom is -0.298 e. The van der Waals surface area contributed by atoms with Crippen LogP contribution in [0.25, 0.3) is 0 Å². The van der Waals surface area contributed by atoms with Gasteiger partial charge in [0.2, 0.25) is 0 Å². The summed E-state index contributed by atoms with van der Waals surface area (Å²) in [5, 5.41) is 8.27. The first kappa shape index (κ1) is 10.8. The van der Waals surface area contributed by atoms with E-state index in [9.17, 15) is 0 Å². The highest BCUT2D eigenvalue weighted by molar-refractivity contribution is 6.22. The van der Waals surface area contributed by atoms with Gasteiger partial charge in [0.05, 0.1) is 6.07 Å². The van der Waals surface area contributed by atoms with Gasteiger partial charge in [-0.15, -0.1) is 11.6 Å². The number of likely N-dealkylation sites (tertiary alicyclic amines) is 1. The van der Waals surface area contributed by atoms with E-state index >= 15 is 0 Å². The molecule has 0 spiro atoms. The molecule has 0 aromatic heterocycles. The second-order valence-electron chi connectivity index (χ2n) is 3.79. The lowest BCUT2D eigenvalue weighted by Gasteiger charge is -2.26. The van der Waals surface area contributed by atoms with Crippen LogP contribution in [0.5, 0.6) is 0 Å². The number of nitrogens with zero attached hydrogens (tertiary/aromatic N) is 2. The molecule has 1 fully saturated rings. The van der Waals surface area contributed by atoms with E-state index in [1.54, 1.807) is 0 Å². The number of alkyl halides is 1. The van der Waals surface area contributed by atoms with Gasteiger partial charge in [0.1, 0.15) is 5.38 Å². The summed E-state index contributed by atoms with van der Waals surface area (Å²) in [6, 6.07) is 2.67. The molecule has 1 saturated heterocycles. The molecular formula is C10H17ClN2. The van der Waals surface area contributed by atoms with Crippen LogP contribution in [0.2, 0.25) is 0 Å². The Labute approximate surface area is 85.5 Å². The number of nitriles is 1. The summed E-state index contributed by atoms with van der Waals surface area (Å²) >= 11 is 5.81. The van der Waals surface area contributed by atoms with E-state index in [-0.39, 0.29) is 5.38 Å². The van der Waals surface area contributed by atoms with E-state index in [1.807, 2.05) is 0 Å². The summed E-state index contributed by atoms with van der Waals surface area (Å²) in [6.45, 7) is 4.05. The zero-order valence-corrected chi connectivity index (χ0v) is 8.93. The van der Waals surface area contributed by atoms with Crippen LogP contribution in [0.4, 0.5) is 0 Å². The molecule has 2 unspecified atom stereocenters. The van der Waals surface area contributed by atoms with Crippen molar-refractivity contribution in [1.29, 1.82) is 5.26 Å². The zero-order valence-electron chi connectivity index (χ0n) is 8.17. The monoisotopic (exact) mass is 200 g/mol. The topological polar surface area (TPSA) is 27.0 Å². The molecule has 74 valence electrons. The molecular weight excluding hydrogens is 184 g/mol. The van der Waals surface area contributed by atoms with Gasteiger partial charge in [0, 0.05) is 12.6 Å². The first-order chi connectivity index (χ1) is 6.24. The average Bonchev–Trinajstić information content (AvgIpc) is 2.32. The molecule has 0 amide bonds. The molecule has 0 radical (unpaired) electrons. The minimum atomic E-state index is -0.347. The van der Waals surface area contributed by atoms with Crippen LogP contribution in [0.3, 0.4) is 0 Å². The van der Waals surface area contributed by atoms with E-state index in [0.717, 1.165) is 13.1 Å². The van der Waals surface area contributed by atoms with Gasteiger partial charge in [-0.1, -0.05) is 12.8 Å². The van der Waals surface area contributed by atoms with Crippen molar-refractivity contribution in [2.75, 3.05) is 13.1 Å². The second-order valence-corrected chi connectivity index (χ2v) is 4.32. The van der Waals surface area contributed by atoms with Gasteiger partial charge in [-0.25, -0.2) is 0 Å². The van der Waals surface area contributed by atoms with Crippen molar-refractivity contribution in [1.82, 2.24) is 4.90 Å². The Morgan fingerprint density at radius 3 is 3.00 bits per heavy atom. The molecule has 1 aliphatic rings. The molecule has 1 aliphatic heterocycles. The second kappa shape index (κ2) is 5.47. The molecule has 0 N–H and O–H groups in total. The number of halogens is 1. The fourth-order valence-electron chi connectivity index (χ4n) is 1.85. The molecule has 1 heterocycles. The Bertz CT molecular complexity index is 188. The molecule has 0 saturated carbocycles. The van der Waals surface area contributed by atoms with Gasteiger partial charge in [0.25, 0.3) is 0 Å². The Morgan fingerprint density at radius 2 is 2.31 bits per heavy atom. The highest BCUT2D eigenvalue weighted by Crippen LogP contribution is 2.17. The summed E-state index contributed by atoms with van der Waals surface area (Å²) in [7, 11) is 0. The summed E-state index contributed by atoms with van der Waals surface area (Å²) in [5.41, 5.74) is 0. The van der Waals surface area contributed by atoms with Crippen molar-refractivity contribution < 1.29 is 0 Å². The van der Waals surface area contributed by atoms with Crippen molar-refractivity contribution in [2.24, 2.45) is 0 Å². The van der Waals surface area contributed by atoms with Gasteiger partial charge in [-0.05, 0) is 26.3 Å². The van der Waals surface area contributed by atoms with Gasteiger partial charge in [-0.2, -0.15) is 5.26 Å². The van der Waals surface area contributed by atoms with Crippen molar-refractivity contribution in [3.05, 3.63) is 0 Å². The van der Waals surface area contributed by atoms with Crippen molar-refractivity contribution in [3.63, 3.8) is 0 Å². The van der Waals surface area contributed by atoms with Crippen LogP contribution in [-0.4, -0.2) is 29.4 Å². The lowest BCUT2D eigenvalue weighted by Crippen LogP contribution is -2.36. The fraction of sp³-hybridized carbons (Fsp3) is 0.900. The molecule has 0 aliphatic carbocycles. The zero-order chi connectivity index (χ0) is 9.68. The van der Waals surface area contributed by atoms with Gasteiger partial charge in [-0.3, -0.25) is 4.90 Å². The third kappa shape index (κ3) is 3.54. The SMILES string of the molecule is CC1CCCCCN1CC(Cl)C#N. The predicted octanol–water partition coefficient (Wildman–Crippen LogP) is 2.38. The number of rotatable bonds is 2. The maximum Gasteiger partial charge on any atom is 0.133 e. The first-order valence-corrected chi connectivity index (χ1v) is 5.45. The number of hydrogen-bond acceptors (Lipinski definition) is 2. The highest BCUT2D eigenvalue weighted by Gasteiger charge is 2.19. The maximum absolute atomic E-state index is 8.61. The van der Waals surface area contributed by atoms with Crippen LogP contribution in [0.15, 0.2) is 0 Å². The molecule has 13 heavy (non-hydrogen) atoms. The first-order valence-electron chi connectivity index (χ1n) is 5.02. The van der Waals surface area contributed by atoms with Gasteiger partial charge < -0.3 is 0 Å². The molecule has 1 rings (SSSR count). The summed E-state index contributed by atoms with van der Waals surface area (Å²) in [5.74, 6) is 0. The lowest BCUT2D eigenvalue weighted by atomic mass is 10.1. The van der Waals surface area contributed by atoms with Crippen LogP contribution in [0.1, 0.15) is 32.6 Å². The van der Waals surface area contributed by atoms with Gasteiger partial charge >= 0.3 is 0 Å². The lowest BCUT2D eigenvalue weighted by molar-refractivity contribution is 0.220. The maximum atomic E-state index is 8.61. The Kier molecular flexibility index (Phi) is 4.55. The van der Waals surface area contributed by atoms with Crippen LogP contribution >= 0.6 is 11.6 Å². The Morgan fingerprint density at radius 1 is 1.54 bits per heavy atom. The van der Waals surface area contributed by atoms with Crippen molar-refractivity contribution >= 4 is 11.6 Å². The fourth-order valence-corrected chi connectivity index (χ4v) is 2.03. The average molecular weight is 201 g/mol. The number of hydrogen-bond donors (Lipinski definition) is 0. The molecule has 2 atom stereocenters. The largest absolute Gasteiger partial charge is 0.298 e. The van der Waals surface area contributed by atoms with Crippen molar-refractivity contribution in [3.8, 4) is 6.07 Å². The molecule has 0 aromatic rings.